The van der Waals surface area contributed by atoms with Gasteiger partial charge in [0.25, 0.3) is 0 Å². The van der Waals surface area contributed by atoms with Crippen LogP contribution in [0.2, 0.25) is 0 Å². The minimum Gasteiger partial charge on any atom is -0.496 e. The summed E-state index contributed by atoms with van der Waals surface area (Å²) < 4.78 is 21.3. The molecule has 1 aliphatic rings. The normalized spacial score (nSPS) is 13.9. The van der Waals surface area contributed by atoms with E-state index < -0.39 is 0 Å². The number of benzene rings is 2. The van der Waals surface area contributed by atoms with Crippen molar-refractivity contribution in [1.82, 2.24) is 19.7 Å². The minimum absolute atomic E-state index is 0.264. The van der Waals surface area contributed by atoms with E-state index in [2.05, 4.69) is 31.9 Å². The Labute approximate surface area is 165 Å². The van der Waals surface area contributed by atoms with Crippen molar-refractivity contribution < 1.29 is 9.13 Å². The van der Waals surface area contributed by atoms with Gasteiger partial charge in [-0.3, -0.25) is 4.57 Å². The molecule has 5 nitrogen and oxygen atoms in total. The summed E-state index contributed by atoms with van der Waals surface area (Å²) >= 11 is 1.56. The number of hydrogen-bond acceptors (Lipinski definition) is 4. The lowest BCUT2D eigenvalue weighted by molar-refractivity contribution is 0.410. The second kappa shape index (κ2) is 6.98. The average Bonchev–Trinajstić information content (AvgIpc) is 3.32. The van der Waals surface area contributed by atoms with Crippen LogP contribution in [-0.4, -0.2) is 26.9 Å². The smallest absolute Gasteiger partial charge is 0.192 e. The number of aromatic amines is 1. The van der Waals surface area contributed by atoms with Gasteiger partial charge < -0.3 is 9.72 Å². The van der Waals surface area contributed by atoms with Gasteiger partial charge in [-0.2, -0.15) is 0 Å². The van der Waals surface area contributed by atoms with E-state index in [1.165, 1.54) is 12.1 Å². The first-order valence-electron chi connectivity index (χ1n) is 9.21. The van der Waals surface area contributed by atoms with Gasteiger partial charge in [0, 0.05) is 40.0 Å². The SMILES string of the molecule is COc1ccc(F)cc1CSc1nnc(-c2c[nH]c3ccccc23)n1C1CC1. The number of hydrogen-bond donors (Lipinski definition) is 1. The van der Waals surface area contributed by atoms with Crippen molar-refractivity contribution in [3.05, 3.63) is 60.0 Å². The second-order valence-corrected chi connectivity index (χ2v) is 7.84. The van der Waals surface area contributed by atoms with E-state index in [4.69, 9.17) is 4.74 Å². The van der Waals surface area contributed by atoms with Crippen molar-refractivity contribution in [1.29, 1.82) is 0 Å². The highest BCUT2D eigenvalue weighted by atomic mass is 32.2. The molecule has 0 atom stereocenters. The Morgan fingerprint density at radius 3 is 2.89 bits per heavy atom. The first-order valence-corrected chi connectivity index (χ1v) is 10.2. The van der Waals surface area contributed by atoms with Crippen LogP contribution in [0.4, 0.5) is 4.39 Å². The molecule has 0 spiro atoms. The zero-order valence-corrected chi connectivity index (χ0v) is 16.2. The maximum atomic E-state index is 13.7. The molecule has 2 aromatic heterocycles. The van der Waals surface area contributed by atoms with Crippen LogP contribution in [0.3, 0.4) is 0 Å². The van der Waals surface area contributed by atoms with Gasteiger partial charge in [-0.25, -0.2) is 4.39 Å². The van der Waals surface area contributed by atoms with E-state index in [1.54, 1.807) is 24.9 Å². The number of nitrogens with zero attached hydrogens (tertiary/aromatic N) is 3. The highest BCUT2D eigenvalue weighted by Crippen LogP contribution is 2.43. The Kier molecular flexibility index (Phi) is 4.31. The predicted octanol–water partition coefficient (Wildman–Crippen LogP) is 5.20. The summed E-state index contributed by atoms with van der Waals surface area (Å²) in [6.07, 6.45) is 4.26. The fraction of sp³-hybridized carbons (Fsp3) is 0.238. The van der Waals surface area contributed by atoms with Crippen molar-refractivity contribution in [2.75, 3.05) is 7.11 Å². The third-order valence-electron chi connectivity index (χ3n) is 5.01. The van der Waals surface area contributed by atoms with Crippen molar-refractivity contribution in [3.8, 4) is 17.1 Å². The lowest BCUT2D eigenvalue weighted by Crippen LogP contribution is -2.00. The summed E-state index contributed by atoms with van der Waals surface area (Å²) in [5.41, 5.74) is 2.96. The van der Waals surface area contributed by atoms with Crippen LogP contribution in [0.1, 0.15) is 24.4 Å². The van der Waals surface area contributed by atoms with Crippen molar-refractivity contribution in [2.45, 2.75) is 29.8 Å². The highest BCUT2D eigenvalue weighted by molar-refractivity contribution is 7.98. The molecule has 1 aliphatic carbocycles. The van der Waals surface area contributed by atoms with E-state index >= 15 is 0 Å². The lowest BCUT2D eigenvalue weighted by Gasteiger charge is -2.10. The molecule has 2 heterocycles. The molecule has 5 rings (SSSR count). The maximum absolute atomic E-state index is 13.7. The summed E-state index contributed by atoms with van der Waals surface area (Å²) in [6.45, 7) is 0. The molecule has 0 amide bonds. The number of H-pyrrole nitrogens is 1. The fourth-order valence-electron chi connectivity index (χ4n) is 3.48. The molecule has 142 valence electrons. The summed E-state index contributed by atoms with van der Waals surface area (Å²) in [4.78, 5) is 3.32. The van der Waals surface area contributed by atoms with Crippen molar-refractivity contribution in [2.24, 2.45) is 0 Å². The maximum Gasteiger partial charge on any atom is 0.192 e. The van der Waals surface area contributed by atoms with Crippen LogP contribution in [-0.2, 0) is 5.75 Å². The molecule has 0 aliphatic heterocycles. The van der Waals surface area contributed by atoms with Crippen LogP contribution in [0.25, 0.3) is 22.3 Å². The number of aromatic nitrogens is 4. The van der Waals surface area contributed by atoms with Crippen LogP contribution < -0.4 is 4.74 Å². The van der Waals surface area contributed by atoms with E-state index in [-0.39, 0.29) is 5.82 Å². The van der Waals surface area contributed by atoms with E-state index in [9.17, 15) is 4.39 Å². The zero-order valence-electron chi connectivity index (χ0n) is 15.4. The number of thioether (sulfide) groups is 1. The molecule has 1 N–H and O–H groups in total. The van der Waals surface area contributed by atoms with Gasteiger partial charge in [-0.05, 0) is 37.1 Å². The van der Waals surface area contributed by atoms with E-state index in [0.717, 1.165) is 45.9 Å². The molecule has 0 radical (unpaired) electrons. The van der Waals surface area contributed by atoms with Gasteiger partial charge in [-0.15, -0.1) is 10.2 Å². The molecule has 7 heteroatoms. The Morgan fingerprint density at radius 2 is 2.07 bits per heavy atom. The van der Waals surface area contributed by atoms with Gasteiger partial charge in [0.05, 0.1) is 7.11 Å². The van der Waals surface area contributed by atoms with Gasteiger partial charge in [0.15, 0.2) is 11.0 Å². The molecule has 28 heavy (non-hydrogen) atoms. The molecule has 0 bridgehead atoms. The third-order valence-corrected chi connectivity index (χ3v) is 6.00. The van der Waals surface area contributed by atoms with Crippen LogP contribution in [0.15, 0.2) is 53.8 Å². The fourth-order valence-corrected chi connectivity index (χ4v) is 4.46. The predicted molar refractivity (Wildman–Crippen MR) is 108 cm³/mol. The zero-order chi connectivity index (χ0) is 19.1. The number of nitrogens with one attached hydrogen (secondary N) is 1. The lowest BCUT2D eigenvalue weighted by atomic mass is 10.1. The number of halogens is 1. The number of ether oxygens (including phenoxy) is 1. The van der Waals surface area contributed by atoms with E-state index in [0.29, 0.717) is 17.5 Å². The highest BCUT2D eigenvalue weighted by Gasteiger charge is 2.31. The summed E-state index contributed by atoms with van der Waals surface area (Å²) in [5.74, 6) is 1.87. The molecule has 0 saturated heterocycles. The number of para-hydroxylation sites is 1. The first kappa shape index (κ1) is 17.3. The largest absolute Gasteiger partial charge is 0.496 e. The van der Waals surface area contributed by atoms with Crippen LogP contribution in [0, 0.1) is 5.82 Å². The third kappa shape index (κ3) is 3.05. The van der Waals surface area contributed by atoms with Gasteiger partial charge in [0.2, 0.25) is 0 Å². The summed E-state index contributed by atoms with van der Waals surface area (Å²) in [7, 11) is 1.60. The summed E-state index contributed by atoms with van der Waals surface area (Å²) in [6, 6.07) is 13.2. The minimum atomic E-state index is -0.264. The monoisotopic (exact) mass is 394 g/mol. The standard InChI is InChI=1S/C21H19FN4OS/c1-27-19-9-6-14(22)10-13(19)12-28-21-25-24-20(26(21)15-7-8-15)17-11-23-18-5-3-2-4-16(17)18/h2-6,9-11,15,23H,7-8,12H2,1H3. The Hall–Kier alpha value is -2.80. The number of rotatable bonds is 6. The second-order valence-electron chi connectivity index (χ2n) is 6.90. The van der Waals surface area contributed by atoms with Crippen molar-refractivity contribution in [3.63, 3.8) is 0 Å². The summed E-state index contributed by atoms with van der Waals surface area (Å²) in [5, 5.41) is 11.0. The van der Waals surface area contributed by atoms with Gasteiger partial charge in [-0.1, -0.05) is 30.0 Å². The van der Waals surface area contributed by atoms with E-state index in [1.807, 2.05) is 18.3 Å². The van der Waals surface area contributed by atoms with Gasteiger partial charge >= 0.3 is 0 Å². The first-order chi connectivity index (χ1) is 13.7. The Morgan fingerprint density at radius 1 is 1.21 bits per heavy atom. The average molecular weight is 394 g/mol. The Balaban J connectivity index is 1.49. The Bertz CT molecular complexity index is 1150. The number of methoxy groups -OCH3 is 1. The molecular weight excluding hydrogens is 375 g/mol. The van der Waals surface area contributed by atoms with Crippen molar-refractivity contribution >= 4 is 22.7 Å². The molecular formula is C21H19FN4OS. The van der Waals surface area contributed by atoms with Crippen LogP contribution >= 0.6 is 11.8 Å². The molecule has 2 aromatic carbocycles. The topological polar surface area (TPSA) is 55.7 Å². The van der Waals surface area contributed by atoms with Gasteiger partial charge in [0.1, 0.15) is 11.6 Å². The molecule has 4 aromatic rings. The molecule has 1 fully saturated rings. The quantitative estimate of drug-likeness (QED) is 0.457. The number of fused-ring (bicyclic) bond motifs is 1. The molecule has 0 unspecified atom stereocenters. The van der Waals surface area contributed by atoms with Crippen LogP contribution in [0.5, 0.6) is 5.75 Å². The molecule has 1 saturated carbocycles.